The summed E-state index contributed by atoms with van der Waals surface area (Å²) in [6.45, 7) is 2.81. The van der Waals surface area contributed by atoms with Gasteiger partial charge in [-0.25, -0.2) is 0 Å². The lowest BCUT2D eigenvalue weighted by Gasteiger charge is -2.33. The predicted molar refractivity (Wildman–Crippen MR) is 99.1 cm³/mol. The number of piperidine rings is 1. The maximum atomic E-state index is 12.6. The van der Waals surface area contributed by atoms with E-state index in [4.69, 9.17) is 10.00 Å². The fourth-order valence-corrected chi connectivity index (χ4v) is 3.14. The summed E-state index contributed by atoms with van der Waals surface area (Å²) in [6.07, 6.45) is 2.42. The van der Waals surface area contributed by atoms with E-state index in [9.17, 15) is 9.59 Å². The second kappa shape index (κ2) is 8.41. The first-order chi connectivity index (χ1) is 13.1. The van der Waals surface area contributed by atoms with Gasteiger partial charge in [0.2, 0.25) is 0 Å². The largest absolute Gasteiger partial charge is 0.480 e. The smallest absolute Gasteiger partial charge is 0.267 e. The van der Waals surface area contributed by atoms with Gasteiger partial charge in [-0.15, -0.1) is 0 Å². The van der Waals surface area contributed by atoms with Crippen LogP contribution in [0.1, 0.15) is 35.8 Å². The Kier molecular flexibility index (Phi) is 5.77. The summed E-state index contributed by atoms with van der Waals surface area (Å²) in [6, 6.07) is 12.5. The van der Waals surface area contributed by atoms with Gasteiger partial charge in [-0.3, -0.25) is 9.59 Å². The van der Waals surface area contributed by atoms with Gasteiger partial charge in [0.05, 0.1) is 5.56 Å². The summed E-state index contributed by atoms with van der Waals surface area (Å²) in [5.41, 5.74) is 0.939. The number of ether oxygens (including phenoxy) is 1. The van der Waals surface area contributed by atoms with Gasteiger partial charge in [0, 0.05) is 25.3 Å². The van der Waals surface area contributed by atoms with Crippen molar-refractivity contribution in [3.63, 3.8) is 0 Å². The summed E-state index contributed by atoms with van der Waals surface area (Å²) in [5, 5.41) is 12.1. The average Bonchev–Trinajstić information content (AvgIpc) is 3.23. The minimum Gasteiger partial charge on any atom is -0.480 e. The molecular weight excluding hydrogens is 344 g/mol. The Morgan fingerprint density at radius 3 is 2.67 bits per heavy atom. The van der Waals surface area contributed by atoms with E-state index < -0.39 is 6.10 Å². The number of carbonyl (C=O) groups excluding carboxylic acids is 2. The van der Waals surface area contributed by atoms with Gasteiger partial charge in [-0.1, -0.05) is 12.1 Å². The summed E-state index contributed by atoms with van der Waals surface area (Å²) in [7, 11) is 0. The molecule has 7 heteroatoms. The van der Waals surface area contributed by atoms with Crippen molar-refractivity contribution in [2.75, 3.05) is 13.1 Å². The maximum absolute atomic E-state index is 12.6. The Morgan fingerprint density at radius 2 is 2.00 bits per heavy atom. The molecule has 0 aliphatic carbocycles. The van der Waals surface area contributed by atoms with E-state index in [2.05, 4.69) is 16.4 Å². The fraction of sp³-hybridized carbons (Fsp3) is 0.350. The van der Waals surface area contributed by atoms with Crippen molar-refractivity contribution in [3.05, 3.63) is 53.9 Å². The minimum atomic E-state index is -0.676. The molecule has 0 saturated carbocycles. The summed E-state index contributed by atoms with van der Waals surface area (Å²) in [4.78, 5) is 29.4. The molecule has 1 fully saturated rings. The summed E-state index contributed by atoms with van der Waals surface area (Å²) >= 11 is 0. The van der Waals surface area contributed by atoms with Crippen LogP contribution in [0.4, 0.5) is 0 Å². The van der Waals surface area contributed by atoms with Crippen LogP contribution in [0.2, 0.25) is 0 Å². The standard InChI is InChI=1S/C20H22N4O3/c1-14(27-18-7-3-2-5-15(18)13-21)20(26)24-11-8-16(9-12-24)23-19(25)17-6-4-10-22-17/h2-7,10,14,16,22H,8-9,11-12H2,1H3,(H,23,25)/t14-/m0/s1. The molecule has 3 rings (SSSR count). The molecule has 7 nitrogen and oxygen atoms in total. The summed E-state index contributed by atoms with van der Waals surface area (Å²) in [5.74, 6) is 0.167. The van der Waals surface area contributed by atoms with Crippen LogP contribution in [0.15, 0.2) is 42.6 Å². The number of amides is 2. The van der Waals surface area contributed by atoms with Crippen LogP contribution in [0.5, 0.6) is 5.75 Å². The number of rotatable bonds is 5. The minimum absolute atomic E-state index is 0.0420. The quantitative estimate of drug-likeness (QED) is 0.846. The Morgan fingerprint density at radius 1 is 1.26 bits per heavy atom. The van der Waals surface area contributed by atoms with Gasteiger partial charge in [0.1, 0.15) is 17.5 Å². The Hall–Kier alpha value is -3.27. The highest BCUT2D eigenvalue weighted by Gasteiger charge is 2.28. The molecule has 0 bridgehead atoms. The number of carbonyl (C=O) groups is 2. The van der Waals surface area contributed by atoms with E-state index in [0.717, 1.165) is 0 Å². The molecule has 0 radical (unpaired) electrons. The SMILES string of the molecule is C[C@H](Oc1ccccc1C#N)C(=O)N1CCC(NC(=O)c2ccc[nH]2)CC1. The molecule has 2 aromatic rings. The molecule has 1 aromatic carbocycles. The van der Waals surface area contributed by atoms with E-state index in [1.807, 2.05) is 0 Å². The lowest BCUT2D eigenvalue weighted by molar-refractivity contribution is -0.139. The first-order valence-corrected chi connectivity index (χ1v) is 8.97. The van der Waals surface area contributed by atoms with Crippen molar-refractivity contribution in [1.82, 2.24) is 15.2 Å². The molecule has 1 saturated heterocycles. The lowest BCUT2D eigenvalue weighted by Crippen LogP contribution is -2.49. The van der Waals surface area contributed by atoms with E-state index in [1.54, 1.807) is 54.4 Å². The van der Waals surface area contributed by atoms with E-state index in [-0.39, 0.29) is 17.9 Å². The van der Waals surface area contributed by atoms with Crippen LogP contribution in [-0.4, -0.2) is 46.9 Å². The molecular formula is C20H22N4O3. The van der Waals surface area contributed by atoms with Crippen molar-refractivity contribution >= 4 is 11.8 Å². The van der Waals surface area contributed by atoms with Crippen molar-refractivity contribution in [3.8, 4) is 11.8 Å². The number of nitrogens with zero attached hydrogens (tertiary/aromatic N) is 2. The van der Waals surface area contributed by atoms with Crippen LogP contribution in [0.25, 0.3) is 0 Å². The van der Waals surface area contributed by atoms with Gasteiger partial charge in [-0.2, -0.15) is 5.26 Å². The van der Waals surface area contributed by atoms with Gasteiger partial charge in [0.25, 0.3) is 11.8 Å². The number of aromatic amines is 1. The van der Waals surface area contributed by atoms with E-state index >= 15 is 0 Å². The molecule has 0 unspecified atom stereocenters. The van der Waals surface area contributed by atoms with E-state index in [1.165, 1.54) is 0 Å². The Balaban J connectivity index is 1.50. The lowest BCUT2D eigenvalue weighted by atomic mass is 10.0. The fourth-order valence-electron chi connectivity index (χ4n) is 3.14. The molecule has 0 spiro atoms. The summed E-state index contributed by atoms with van der Waals surface area (Å²) < 4.78 is 5.70. The third-order valence-corrected chi connectivity index (χ3v) is 4.64. The van der Waals surface area contributed by atoms with Crippen LogP contribution in [0, 0.1) is 11.3 Å². The maximum Gasteiger partial charge on any atom is 0.267 e. The van der Waals surface area contributed by atoms with Crippen LogP contribution in [-0.2, 0) is 4.79 Å². The number of para-hydroxylation sites is 1. The van der Waals surface area contributed by atoms with Gasteiger partial charge in [0.15, 0.2) is 6.10 Å². The molecule has 1 aliphatic heterocycles. The molecule has 1 atom stereocenters. The number of H-pyrrole nitrogens is 1. The van der Waals surface area contributed by atoms with Gasteiger partial charge >= 0.3 is 0 Å². The van der Waals surface area contributed by atoms with Crippen LogP contribution >= 0.6 is 0 Å². The zero-order chi connectivity index (χ0) is 19.2. The monoisotopic (exact) mass is 366 g/mol. The third kappa shape index (κ3) is 4.47. The van der Waals surface area contributed by atoms with Crippen LogP contribution in [0.3, 0.4) is 0 Å². The topological polar surface area (TPSA) is 98.2 Å². The number of nitrogens with one attached hydrogen (secondary N) is 2. The van der Waals surface area contributed by atoms with Crippen molar-refractivity contribution < 1.29 is 14.3 Å². The van der Waals surface area contributed by atoms with Crippen molar-refractivity contribution in [2.24, 2.45) is 0 Å². The highest BCUT2D eigenvalue weighted by Crippen LogP contribution is 2.20. The Labute approximate surface area is 157 Å². The number of hydrogen-bond acceptors (Lipinski definition) is 4. The third-order valence-electron chi connectivity index (χ3n) is 4.64. The normalized spacial score (nSPS) is 15.6. The molecule has 1 aromatic heterocycles. The number of hydrogen-bond donors (Lipinski definition) is 2. The predicted octanol–water partition coefficient (Wildman–Crippen LogP) is 2.07. The van der Waals surface area contributed by atoms with Gasteiger partial charge < -0.3 is 19.9 Å². The zero-order valence-corrected chi connectivity index (χ0v) is 15.1. The molecule has 2 heterocycles. The number of nitriles is 1. The molecule has 140 valence electrons. The second-order valence-corrected chi connectivity index (χ2v) is 6.52. The zero-order valence-electron chi connectivity index (χ0n) is 15.1. The molecule has 1 aliphatic rings. The molecule has 2 amide bonds. The first kappa shape index (κ1) is 18.5. The Bertz CT molecular complexity index is 833. The van der Waals surface area contributed by atoms with Gasteiger partial charge in [-0.05, 0) is 44.0 Å². The van der Waals surface area contributed by atoms with Crippen LogP contribution < -0.4 is 10.1 Å². The van der Waals surface area contributed by atoms with Crippen molar-refractivity contribution in [1.29, 1.82) is 5.26 Å². The van der Waals surface area contributed by atoms with Crippen molar-refractivity contribution in [2.45, 2.75) is 31.9 Å². The first-order valence-electron chi connectivity index (χ1n) is 8.97. The number of benzene rings is 1. The number of aromatic nitrogens is 1. The number of likely N-dealkylation sites (tertiary alicyclic amines) is 1. The van der Waals surface area contributed by atoms with E-state index in [0.29, 0.717) is 42.9 Å². The second-order valence-electron chi connectivity index (χ2n) is 6.52. The molecule has 27 heavy (non-hydrogen) atoms. The highest BCUT2D eigenvalue weighted by molar-refractivity contribution is 5.92. The highest BCUT2D eigenvalue weighted by atomic mass is 16.5. The average molecular weight is 366 g/mol. The molecule has 2 N–H and O–H groups in total.